The quantitative estimate of drug-likeness (QED) is 0.428. The molecule has 2 heterocycles. The third-order valence-corrected chi connectivity index (χ3v) is 6.68. The van der Waals surface area contributed by atoms with Gasteiger partial charge in [-0.15, -0.1) is 0 Å². The molecule has 0 bridgehead atoms. The van der Waals surface area contributed by atoms with Crippen LogP contribution >= 0.6 is 11.6 Å². The second kappa shape index (κ2) is 15.0. The van der Waals surface area contributed by atoms with E-state index in [1.54, 1.807) is 24.8 Å². The number of aliphatic imine (C=N–C) groups is 3. The lowest BCUT2D eigenvalue weighted by Gasteiger charge is -2.22. The molecule has 0 saturated carbocycles. The highest BCUT2D eigenvalue weighted by Crippen LogP contribution is 2.24. The van der Waals surface area contributed by atoms with Crippen molar-refractivity contribution < 1.29 is 0 Å². The van der Waals surface area contributed by atoms with E-state index in [0.29, 0.717) is 22.5 Å². The maximum absolute atomic E-state index is 6.47. The summed E-state index contributed by atoms with van der Waals surface area (Å²) in [5.41, 5.74) is 10.7. The number of allylic oxidation sites excluding steroid dienone is 1. The van der Waals surface area contributed by atoms with Crippen LogP contribution in [-0.4, -0.2) is 55.0 Å². The van der Waals surface area contributed by atoms with Crippen molar-refractivity contribution in [2.45, 2.75) is 33.1 Å². The standard InChI is InChI=1S/C30H38ClN7/c1-5-8-22(2)23-11-13-34-15-16-36-30(37-29(20-23)38(4)18-17-33-3)25-12-14-35-21-24(25)19-28(32)26-9-6-7-10-27(26)31/h6-7,9-10,12-16,19-22,33H,5,8,11,17-18,32H2,1-4H3/b16-15+,23-20-,28-19-,34-13?,36-30?,37-29?. The Morgan fingerprint density at radius 1 is 1.24 bits per heavy atom. The fourth-order valence-corrected chi connectivity index (χ4v) is 4.35. The van der Waals surface area contributed by atoms with E-state index in [4.69, 9.17) is 27.3 Å². The van der Waals surface area contributed by atoms with Gasteiger partial charge in [-0.05, 0) is 43.7 Å². The van der Waals surface area contributed by atoms with Crippen LogP contribution in [0.1, 0.15) is 49.8 Å². The van der Waals surface area contributed by atoms with Crippen LogP contribution in [0.5, 0.6) is 0 Å². The summed E-state index contributed by atoms with van der Waals surface area (Å²) in [6, 6.07) is 9.41. The molecule has 1 unspecified atom stereocenters. The van der Waals surface area contributed by atoms with E-state index < -0.39 is 0 Å². The molecule has 3 rings (SSSR count). The molecule has 1 aliphatic rings. The molecule has 1 atom stereocenters. The average molecular weight is 532 g/mol. The lowest BCUT2D eigenvalue weighted by atomic mass is 9.93. The summed E-state index contributed by atoms with van der Waals surface area (Å²) in [4.78, 5) is 20.8. The van der Waals surface area contributed by atoms with Gasteiger partial charge in [0, 0.05) is 85.0 Å². The Morgan fingerprint density at radius 2 is 2.05 bits per heavy atom. The Hall–Kier alpha value is -3.55. The lowest BCUT2D eigenvalue weighted by Crippen LogP contribution is -2.33. The van der Waals surface area contributed by atoms with Crippen LogP contribution in [0.2, 0.25) is 5.02 Å². The molecular formula is C30H38ClN7. The number of benzene rings is 1. The highest BCUT2D eigenvalue weighted by molar-refractivity contribution is 6.32. The highest BCUT2D eigenvalue weighted by atomic mass is 35.5. The Kier molecular flexibility index (Phi) is 11.5. The number of nitrogens with zero attached hydrogens (tertiary/aromatic N) is 5. The molecule has 1 aromatic heterocycles. The second-order valence-electron chi connectivity index (χ2n) is 9.23. The van der Waals surface area contributed by atoms with E-state index in [1.807, 2.05) is 49.7 Å². The summed E-state index contributed by atoms with van der Waals surface area (Å²) >= 11 is 6.40. The van der Waals surface area contributed by atoms with Crippen molar-refractivity contribution in [1.82, 2.24) is 15.2 Å². The van der Waals surface area contributed by atoms with E-state index in [1.165, 1.54) is 5.57 Å². The van der Waals surface area contributed by atoms with Crippen molar-refractivity contribution in [2.24, 2.45) is 26.6 Å². The smallest absolute Gasteiger partial charge is 0.162 e. The number of likely N-dealkylation sites (N-methyl/N-ethyl adjacent to an activating group) is 2. The molecule has 200 valence electrons. The summed E-state index contributed by atoms with van der Waals surface area (Å²) < 4.78 is 0. The number of halogens is 1. The fourth-order valence-electron chi connectivity index (χ4n) is 4.10. The minimum absolute atomic E-state index is 0.411. The minimum atomic E-state index is 0.411. The van der Waals surface area contributed by atoms with E-state index >= 15 is 0 Å². The first-order chi connectivity index (χ1) is 18.4. The van der Waals surface area contributed by atoms with Gasteiger partial charge in [0.25, 0.3) is 0 Å². The molecule has 1 aliphatic heterocycles. The molecule has 3 N–H and O–H groups in total. The highest BCUT2D eigenvalue weighted by Gasteiger charge is 2.15. The summed E-state index contributed by atoms with van der Waals surface area (Å²) in [7, 11) is 4.00. The normalized spacial score (nSPS) is 17.5. The van der Waals surface area contributed by atoms with Crippen molar-refractivity contribution in [2.75, 3.05) is 27.2 Å². The van der Waals surface area contributed by atoms with Gasteiger partial charge < -0.3 is 16.0 Å². The van der Waals surface area contributed by atoms with Crippen LogP contribution in [0.4, 0.5) is 0 Å². The molecular weight excluding hydrogens is 494 g/mol. The topological polar surface area (TPSA) is 91.3 Å². The van der Waals surface area contributed by atoms with Crippen molar-refractivity contribution in [3.8, 4) is 0 Å². The SMILES string of the molecule is CCCC(C)/C1=C\C(N(C)CCNC)=NC(c2ccncc2/C=C(\N)c2ccccc2Cl)=N/C=C/N=CC1. The van der Waals surface area contributed by atoms with E-state index in [-0.39, 0.29) is 0 Å². The van der Waals surface area contributed by atoms with Crippen molar-refractivity contribution in [3.63, 3.8) is 0 Å². The number of rotatable bonds is 9. The van der Waals surface area contributed by atoms with E-state index in [2.05, 4.69) is 47.2 Å². The van der Waals surface area contributed by atoms with Gasteiger partial charge in [-0.25, -0.2) is 9.98 Å². The summed E-state index contributed by atoms with van der Waals surface area (Å²) in [6.45, 7) is 6.10. The lowest BCUT2D eigenvalue weighted by molar-refractivity contribution is 0.496. The van der Waals surface area contributed by atoms with Gasteiger partial charge in [-0.3, -0.25) is 9.98 Å². The van der Waals surface area contributed by atoms with E-state index in [0.717, 1.165) is 54.9 Å². The van der Waals surface area contributed by atoms with Crippen molar-refractivity contribution >= 4 is 41.3 Å². The van der Waals surface area contributed by atoms with Crippen LogP contribution in [0.25, 0.3) is 11.8 Å². The zero-order chi connectivity index (χ0) is 27.3. The largest absolute Gasteiger partial charge is 0.398 e. The second-order valence-corrected chi connectivity index (χ2v) is 9.64. The minimum Gasteiger partial charge on any atom is -0.398 e. The Morgan fingerprint density at radius 3 is 2.82 bits per heavy atom. The molecule has 0 aliphatic carbocycles. The number of hydrogen-bond acceptors (Lipinski definition) is 7. The molecule has 0 radical (unpaired) electrons. The monoisotopic (exact) mass is 531 g/mol. The van der Waals surface area contributed by atoms with Gasteiger partial charge in [0.05, 0.1) is 0 Å². The van der Waals surface area contributed by atoms with Crippen LogP contribution in [0.15, 0.2) is 81.8 Å². The summed E-state index contributed by atoms with van der Waals surface area (Å²) in [5, 5.41) is 3.81. The van der Waals surface area contributed by atoms with Gasteiger partial charge in [-0.2, -0.15) is 0 Å². The first-order valence-electron chi connectivity index (χ1n) is 13.0. The Labute approximate surface area is 231 Å². The molecule has 8 heteroatoms. The third-order valence-electron chi connectivity index (χ3n) is 6.35. The van der Waals surface area contributed by atoms with Crippen molar-refractivity contribution in [1.29, 1.82) is 0 Å². The summed E-state index contributed by atoms with van der Waals surface area (Å²) in [5.74, 6) is 1.80. The Balaban J connectivity index is 2.16. The van der Waals surface area contributed by atoms with Crippen LogP contribution in [0, 0.1) is 5.92 Å². The van der Waals surface area contributed by atoms with Gasteiger partial charge >= 0.3 is 0 Å². The van der Waals surface area contributed by atoms with Crippen LogP contribution in [-0.2, 0) is 0 Å². The first kappa shape index (κ1) is 29.0. The van der Waals surface area contributed by atoms with Gasteiger partial charge in [-0.1, -0.05) is 55.6 Å². The maximum Gasteiger partial charge on any atom is 0.162 e. The third kappa shape index (κ3) is 8.23. The molecule has 38 heavy (non-hydrogen) atoms. The van der Waals surface area contributed by atoms with Crippen LogP contribution in [0.3, 0.4) is 0 Å². The summed E-state index contributed by atoms with van der Waals surface area (Å²) in [6.07, 6.45) is 15.8. The predicted molar refractivity (Wildman–Crippen MR) is 163 cm³/mol. The molecule has 2 aromatic rings. The number of nitrogens with two attached hydrogens (primary N) is 1. The van der Waals surface area contributed by atoms with E-state index in [9.17, 15) is 0 Å². The number of amidine groups is 2. The first-order valence-corrected chi connectivity index (χ1v) is 13.4. The zero-order valence-electron chi connectivity index (χ0n) is 22.7. The number of aromatic nitrogens is 1. The molecule has 0 fully saturated rings. The molecule has 1 aromatic carbocycles. The fraction of sp³-hybridized carbons (Fsp3) is 0.333. The Bertz CT molecular complexity index is 1260. The van der Waals surface area contributed by atoms with Gasteiger partial charge in [0.2, 0.25) is 0 Å². The van der Waals surface area contributed by atoms with Crippen molar-refractivity contribution in [3.05, 3.63) is 88.5 Å². The average Bonchev–Trinajstić information content (AvgIpc) is 2.96. The molecule has 0 amide bonds. The molecule has 0 saturated heterocycles. The maximum atomic E-state index is 6.47. The number of hydrogen-bond donors (Lipinski definition) is 2. The number of pyridine rings is 1. The predicted octanol–water partition coefficient (Wildman–Crippen LogP) is 5.80. The molecule has 7 nitrogen and oxygen atoms in total. The van der Waals surface area contributed by atoms with Crippen LogP contribution < -0.4 is 11.1 Å². The molecule has 0 spiro atoms. The van der Waals surface area contributed by atoms with Gasteiger partial charge in [0.15, 0.2) is 5.84 Å². The number of nitrogens with one attached hydrogen (secondary N) is 1. The van der Waals surface area contributed by atoms with Gasteiger partial charge in [0.1, 0.15) is 5.84 Å². The zero-order valence-corrected chi connectivity index (χ0v) is 23.5.